The summed E-state index contributed by atoms with van der Waals surface area (Å²) in [5, 5.41) is 9.88. The lowest BCUT2D eigenvalue weighted by atomic mass is 9.94. The van der Waals surface area contributed by atoms with Crippen molar-refractivity contribution in [3.63, 3.8) is 0 Å². The Hall–Kier alpha value is -2.08. The van der Waals surface area contributed by atoms with E-state index < -0.39 is 0 Å². The zero-order valence-electron chi connectivity index (χ0n) is 22.0. The maximum absolute atomic E-state index is 9.88. The topological polar surface area (TPSA) is 51.8 Å². The van der Waals surface area contributed by atoms with Crippen molar-refractivity contribution in [3.05, 3.63) is 59.7 Å². The third-order valence-corrected chi connectivity index (χ3v) is 7.18. The van der Waals surface area contributed by atoms with Gasteiger partial charge >= 0.3 is 0 Å². The molecular formula is C30H44N2O3. The molecule has 2 aliphatic heterocycles. The van der Waals surface area contributed by atoms with Gasteiger partial charge in [-0.2, -0.15) is 0 Å². The summed E-state index contributed by atoms with van der Waals surface area (Å²) in [6.45, 7) is 14.1. The summed E-state index contributed by atoms with van der Waals surface area (Å²) in [5.74, 6) is 1.45. The third-order valence-electron chi connectivity index (χ3n) is 7.18. The van der Waals surface area contributed by atoms with Gasteiger partial charge in [0.1, 0.15) is 0 Å². The predicted octanol–water partition coefficient (Wildman–Crippen LogP) is 5.14. The van der Waals surface area contributed by atoms with Crippen LogP contribution in [0, 0.1) is 11.8 Å². The molecule has 5 atom stereocenters. The van der Waals surface area contributed by atoms with Gasteiger partial charge in [-0.15, -0.1) is 0 Å². The molecule has 0 amide bonds. The molecule has 4 rings (SSSR count). The number of hydrogen-bond acceptors (Lipinski definition) is 5. The van der Waals surface area contributed by atoms with Crippen LogP contribution in [-0.4, -0.2) is 62.8 Å². The van der Waals surface area contributed by atoms with Gasteiger partial charge in [-0.1, -0.05) is 51.5 Å². The molecule has 35 heavy (non-hydrogen) atoms. The van der Waals surface area contributed by atoms with Crippen molar-refractivity contribution in [2.45, 2.75) is 65.3 Å². The number of nitrogens with zero attached hydrogens (tertiary/aromatic N) is 2. The van der Waals surface area contributed by atoms with Crippen LogP contribution in [0.15, 0.2) is 48.5 Å². The minimum atomic E-state index is -0.365. The lowest BCUT2D eigenvalue weighted by Gasteiger charge is -2.28. The highest BCUT2D eigenvalue weighted by Crippen LogP contribution is 2.25. The normalized spacial score (nSPS) is 21.3. The molecule has 2 aromatic carbocycles. The summed E-state index contributed by atoms with van der Waals surface area (Å²) in [7, 11) is 0. The molecule has 5 unspecified atom stereocenters. The first-order valence-electron chi connectivity index (χ1n) is 13.5. The predicted molar refractivity (Wildman–Crippen MR) is 145 cm³/mol. The molecule has 0 spiro atoms. The van der Waals surface area contributed by atoms with Crippen LogP contribution in [-0.2, 0) is 15.9 Å². The van der Waals surface area contributed by atoms with Crippen LogP contribution in [0.1, 0.15) is 51.7 Å². The summed E-state index contributed by atoms with van der Waals surface area (Å²) in [6.07, 6.45) is 3.77. The second kappa shape index (κ2) is 12.2. The molecule has 0 bridgehead atoms. The Balaban J connectivity index is 1.36. The fraction of sp³-hybridized carbons (Fsp3) is 0.600. The number of rotatable bonds is 15. The quantitative estimate of drug-likeness (QED) is 0.358. The van der Waals surface area contributed by atoms with E-state index in [9.17, 15) is 5.11 Å². The summed E-state index contributed by atoms with van der Waals surface area (Å²) >= 11 is 0. The second-order valence-corrected chi connectivity index (χ2v) is 10.9. The van der Waals surface area contributed by atoms with E-state index in [4.69, 9.17) is 9.47 Å². The van der Waals surface area contributed by atoms with Gasteiger partial charge in [-0.25, -0.2) is 0 Å². The van der Waals surface area contributed by atoms with E-state index in [1.165, 1.54) is 29.7 Å². The Bertz CT molecular complexity index is 887. The monoisotopic (exact) mass is 480 g/mol. The Morgan fingerprint density at radius 3 is 1.63 bits per heavy atom. The molecule has 2 fully saturated rings. The molecule has 0 radical (unpaired) electrons. The fourth-order valence-electron chi connectivity index (χ4n) is 4.92. The van der Waals surface area contributed by atoms with Gasteiger partial charge in [-0.3, -0.25) is 0 Å². The molecule has 2 aliphatic rings. The van der Waals surface area contributed by atoms with Crippen LogP contribution in [0.25, 0.3) is 0 Å². The number of anilines is 2. The van der Waals surface area contributed by atoms with E-state index in [-0.39, 0.29) is 6.10 Å². The van der Waals surface area contributed by atoms with Gasteiger partial charge in [0.15, 0.2) is 0 Å². The number of aliphatic hydroxyl groups is 1. The van der Waals surface area contributed by atoms with Crippen molar-refractivity contribution in [1.82, 2.24) is 0 Å². The summed E-state index contributed by atoms with van der Waals surface area (Å²) < 4.78 is 11.0. The molecule has 192 valence electrons. The van der Waals surface area contributed by atoms with E-state index in [0.29, 0.717) is 24.7 Å². The minimum absolute atomic E-state index is 0.302. The average Bonchev–Trinajstić information content (AvgIpc) is 3.76. The Kier molecular flexibility index (Phi) is 9.10. The first-order valence-corrected chi connectivity index (χ1v) is 13.5. The Morgan fingerprint density at radius 1 is 0.771 bits per heavy atom. The van der Waals surface area contributed by atoms with Crippen LogP contribution < -0.4 is 9.80 Å². The molecule has 0 saturated carbocycles. The van der Waals surface area contributed by atoms with Gasteiger partial charge in [0, 0.05) is 37.6 Å². The molecule has 1 N–H and O–H groups in total. The SMILES string of the molecule is CCC(C)CC(C)CN(CC1CO1)c1ccc(Cc2ccc(N(CC(C)O)CC3CO3)cc2)cc1. The molecule has 5 heteroatoms. The summed E-state index contributed by atoms with van der Waals surface area (Å²) in [4.78, 5) is 4.74. The highest BCUT2D eigenvalue weighted by molar-refractivity contribution is 5.51. The molecule has 2 aromatic rings. The first-order chi connectivity index (χ1) is 16.9. The number of ether oxygens (including phenoxy) is 2. The largest absolute Gasteiger partial charge is 0.392 e. The van der Waals surface area contributed by atoms with Gasteiger partial charge < -0.3 is 24.4 Å². The van der Waals surface area contributed by atoms with Crippen molar-refractivity contribution >= 4 is 11.4 Å². The minimum Gasteiger partial charge on any atom is -0.392 e. The molecule has 0 aliphatic carbocycles. The van der Waals surface area contributed by atoms with Gasteiger partial charge in [0.25, 0.3) is 0 Å². The lowest BCUT2D eigenvalue weighted by Crippen LogP contribution is -2.34. The van der Waals surface area contributed by atoms with E-state index in [2.05, 4.69) is 79.1 Å². The highest BCUT2D eigenvalue weighted by atomic mass is 16.6. The standard InChI is InChI=1S/C30H44N2O3/c1-5-22(2)14-23(3)16-31(18-29-20-34-29)27-10-6-25(7-11-27)15-26-8-12-28(13-9-26)32(17-24(4)33)19-30-21-35-30/h6-13,22-24,29-30,33H,5,14-21H2,1-4H3. The van der Waals surface area contributed by atoms with Crippen LogP contribution in [0.4, 0.5) is 11.4 Å². The van der Waals surface area contributed by atoms with E-state index in [0.717, 1.165) is 50.9 Å². The smallest absolute Gasteiger partial charge is 0.0984 e. The number of epoxide rings is 2. The Morgan fingerprint density at radius 2 is 1.23 bits per heavy atom. The third kappa shape index (κ3) is 8.52. The molecule has 0 aromatic heterocycles. The van der Waals surface area contributed by atoms with Gasteiger partial charge in [-0.05, 0) is 67.0 Å². The fourth-order valence-corrected chi connectivity index (χ4v) is 4.92. The first kappa shape index (κ1) is 26.0. The number of hydrogen-bond donors (Lipinski definition) is 1. The summed E-state index contributed by atoms with van der Waals surface area (Å²) in [6, 6.07) is 17.9. The molecular weight excluding hydrogens is 436 g/mol. The van der Waals surface area contributed by atoms with Crippen LogP contribution in [0.5, 0.6) is 0 Å². The number of benzene rings is 2. The zero-order chi connectivity index (χ0) is 24.8. The van der Waals surface area contributed by atoms with Crippen LogP contribution >= 0.6 is 0 Å². The molecule has 2 saturated heterocycles. The van der Waals surface area contributed by atoms with E-state index in [1.807, 2.05) is 6.92 Å². The maximum Gasteiger partial charge on any atom is 0.0984 e. The van der Waals surface area contributed by atoms with Crippen molar-refractivity contribution in [1.29, 1.82) is 0 Å². The van der Waals surface area contributed by atoms with Crippen LogP contribution in [0.2, 0.25) is 0 Å². The zero-order valence-corrected chi connectivity index (χ0v) is 22.0. The van der Waals surface area contributed by atoms with Crippen molar-refractivity contribution < 1.29 is 14.6 Å². The van der Waals surface area contributed by atoms with E-state index in [1.54, 1.807) is 0 Å². The summed E-state index contributed by atoms with van der Waals surface area (Å²) in [5.41, 5.74) is 5.06. The molecule has 2 heterocycles. The second-order valence-electron chi connectivity index (χ2n) is 10.9. The van der Waals surface area contributed by atoms with Gasteiger partial charge in [0.2, 0.25) is 0 Å². The number of aliphatic hydroxyl groups excluding tert-OH is 1. The van der Waals surface area contributed by atoms with Crippen molar-refractivity contribution in [2.24, 2.45) is 11.8 Å². The van der Waals surface area contributed by atoms with E-state index >= 15 is 0 Å². The average molecular weight is 481 g/mol. The van der Waals surface area contributed by atoms with Crippen molar-refractivity contribution in [3.8, 4) is 0 Å². The lowest BCUT2D eigenvalue weighted by molar-refractivity contribution is 0.199. The maximum atomic E-state index is 9.88. The highest BCUT2D eigenvalue weighted by Gasteiger charge is 2.27. The Labute approximate surface area is 212 Å². The van der Waals surface area contributed by atoms with Crippen molar-refractivity contribution in [2.75, 3.05) is 49.2 Å². The van der Waals surface area contributed by atoms with Gasteiger partial charge in [0.05, 0.1) is 31.5 Å². The molecule has 5 nitrogen and oxygen atoms in total. The van der Waals surface area contributed by atoms with Crippen LogP contribution in [0.3, 0.4) is 0 Å².